The van der Waals surface area contributed by atoms with Crippen LogP contribution in [-0.4, -0.2) is 9.55 Å². The number of hydrogen-bond donors (Lipinski definition) is 0. The van der Waals surface area contributed by atoms with E-state index in [2.05, 4.69) is 33.8 Å². The van der Waals surface area contributed by atoms with E-state index in [1.54, 1.807) is 11.3 Å². The predicted molar refractivity (Wildman–Crippen MR) is 124 cm³/mol. The summed E-state index contributed by atoms with van der Waals surface area (Å²) in [5, 5.41) is 1.56. The Labute approximate surface area is 183 Å². The first-order valence-corrected chi connectivity index (χ1v) is 11.5. The van der Waals surface area contributed by atoms with Gasteiger partial charge in [0.15, 0.2) is 0 Å². The quantitative estimate of drug-likeness (QED) is 0.330. The smallest absolute Gasteiger partial charge is 0.282 e. The van der Waals surface area contributed by atoms with E-state index in [9.17, 15) is 4.79 Å². The van der Waals surface area contributed by atoms with E-state index < -0.39 is 0 Å². The number of benzene rings is 2. The van der Waals surface area contributed by atoms with Crippen LogP contribution in [0.2, 0.25) is 5.02 Å². The van der Waals surface area contributed by atoms with Crippen LogP contribution in [0.5, 0.6) is 0 Å². The first kappa shape index (κ1) is 18.1. The molecule has 0 spiro atoms. The summed E-state index contributed by atoms with van der Waals surface area (Å²) in [7, 11) is 0. The molecule has 0 saturated heterocycles. The van der Waals surface area contributed by atoms with Crippen LogP contribution >= 0.6 is 22.9 Å². The molecule has 2 aromatic heterocycles. The van der Waals surface area contributed by atoms with Gasteiger partial charge in [-0.3, -0.25) is 4.79 Å². The minimum absolute atomic E-state index is 0.0861. The van der Waals surface area contributed by atoms with Crippen molar-refractivity contribution in [1.29, 1.82) is 0 Å². The Hall–Kier alpha value is -2.69. The predicted octanol–water partition coefficient (Wildman–Crippen LogP) is 5.94. The van der Waals surface area contributed by atoms with E-state index in [1.165, 1.54) is 22.4 Å². The summed E-state index contributed by atoms with van der Waals surface area (Å²) < 4.78 is 2.25. The van der Waals surface area contributed by atoms with Crippen LogP contribution in [0, 0.1) is 0 Å². The lowest BCUT2D eigenvalue weighted by atomic mass is 9.93. The summed E-state index contributed by atoms with van der Waals surface area (Å²) in [6.07, 6.45) is 6.55. The Bertz CT molecular complexity index is 1400. The molecule has 0 radical (unpaired) electrons. The van der Waals surface area contributed by atoms with Gasteiger partial charge in [-0.1, -0.05) is 48.0 Å². The van der Waals surface area contributed by atoms with Crippen LogP contribution in [0.25, 0.3) is 21.9 Å². The van der Waals surface area contributed by atoms with Gasteiger partial charge >= 0.3 is 0 Å². The van der Waals surface area contributed by atoms with Gasteiger partial charge in [0.1, 0.15) is 10.7 Å². The van der Waals surface area contributed by atoms with Gasteiger partial charge in [-0.15, -0.1) is 11.3 Å². The average Bonchev–Trinajstić information content (AvgIpc) is 3.16. The zero-order chi connectivity index (χ0) is 20.2. The summed E-state index contributed by atoms with van der Waals surface area (Å²) in [6.45, 7) is 0.743. The number of fused-ring (bicyclic) bond motifs is 6. The topological polar surface area (TPSA) is 34.9 Å². The molecule has 4 aromatic rings. The monoisotopic (exact) mass is 430 g/mol. The lowest BCUT2D eigenvalue weighted by molar-refractivity contribution is 0.699. The largest absolute Gasteiger partial charge is 0.312 e. The van der Waals surface area contributed by atoms with E-state index in [-0.39, 0.29) is 5.56 Å². The third kappa shape index (κ3) is 2.78. The van der Waals surface area contributed by atoms with Crippen molar-refractivity contribution in [2.45, 2.75) is 32.2 Å². The van der Waals surface area contributed by atoms with Crippen molar-refractivity contribution in [1.82, 2.24) is 9.55 Å². The van der Waals surface area contributed by atoms with Crippen molar-refractivity contribution in [2.24, 2.45) is 0 Å². The highest BCUT2D eigenvalue weighted by molar-refractivity contribution is 7.18. The molecule has 0 atom stereocenters. The van der Waals surface area contributed by atoms with Gasteiger partial charge < -0.3 is 4.57 Å². The number of rotatable bonds is 1. The molecular weight excluding hydrogens is 412 g/mol. The normalized spacial score (nSPS) is 16.4. The molecule has 3 nitrogen and oxygen atoms in total. The maximum Gasteiger partial charge on any atom is 0.282 e. The SMILES string of the molecule is O=c1nc2n(c3sc4c(c13)CCCC4)Cc1ccccc1C2=Cc1ccc(Cl)cc1. The Balaban J connectivity index is 1.65. The molecule has 6 rings (SSSR count). The van der Waals surface area contributed by atoms with Crippen molar-refractivity contribution in [2.75, 3.05) is 0 Å². The molecule has 1 aliphatic heterocycles. The molecule has 0 bridgehead atoms. The Kier molecular flexibility index (Phi) is 4.18. The molecule has 148 valence electrons. The highest BCUT2D eigenvalue weighted by atomic mass is 35.5. The second-order valence-electron chi connectivity index (χ2n) is 7.98. The van der Waals surface area contributed by atoms with E-state index in [1.807, 2.05) is 30.3 Å². The highest BCUT2D eigenvalue weighted by Crippen LogP contribution is 2.39. The maximum absolute atomic E-state index is 13.2. The van der Waals surface area contributed by atoms with E-state index >= 15 is 0 Å². The fraction of sp³-hybridized carbons (Fsp3) is 0.200. The molecule has 3 heterocycles. The number of aryl methyl sites for hydroxylation is 2. The first-order chi connectivity index (χ1) is 14.7. The average molecular weight is 431 g/mol. The van der Waals surface area contributed by atoms with Gasteiger partial charge in [-0.25, -0.2) is 0 Å². The van der Waals surface area contributed by atoms with Gasteiger partial charge in [0.2, 0.25) is 0 Å². The highest BCUT2D eigenvalue weighted by Gasteiger charge is 2.27. The Morgan fingerprint density at radius 3 is 2.70 bits per heavy atom. The lowest BCUT2D eigenvalue weighted by Crippen LogP contribution is -2.23. The minimum Gasteiger partial charge on any atom is -0.312 e. The molecule has 2 aromatic carbocycles. The van der Waals surface area contributed by atoms with E-state index in [0.717, 1.165) is 58.5 Å². The van der Waals surface area contributed by atoms with E-state index in [0.29, 0.717) is 5.02 Å². The third-order valence-electron chi connectivity index (χ3n) is 6.13. The summed E-state index contributed by atoms with van der Waals surface area (Å²) in [6, 6.07) is 16.2. The number of aromatic nitrogens is 2. The molecule has 5 heteroatoms. The molecule has 30 heavy (non-hydrogen) atoms. The van der Waals surface area contributed by atoms with Crippen LogP contribution in [0.1, 0.15) is 45.8 Å². The summed E-state index contributed by atoms with van der Waals surface area (Å²) >= 11 is 7.87. The Morgan fingerprint density at radius 1 is 1.03 bits per heavy atom. The van der Waals surface area contributed by atoms with Crippen LogP contribution in [-0.2, 0) is 19.4 Å². The Morgan fingerprint density at radius 2 is 1.83 bits per heavy atom. The second-order valence-corrected chi connectivity index (χ2v) is 9.50. The van der Waals surface area contributed by atoms with Crippen LogP contribution in [0.15, 0.2) is 53.3 Å². The molecule has 0 unspecified atom stereocenters. The summed E-state index contributed by atoms with van der Waals surface area (Å²) in [5.41, 5.74) is 5.58. The zero-order valence-electron chi connectivity index (χ0n) is 16.3. The molecule has 0 saturated carbocycles. The van der Waals surface area contributed by atoms with Crippen molar-refractivity contribution >= 4 is 44.8 Å². The fourth-order valence-electron chi connectivity index (χ4n) is 4.70. The van der Waals surface area contributed by atoms with Crippen molar-refractivity contribution in [3.8, 4) is 0 Å². The molecule has 0 amide bonds. The fourth-order valence-corrected chi connectivity index (χ4v) is 6.21. The number of nitrogens with zero attached hydrogens (tertiary/aromatic N) is 2. The standard InChI is InChI=1S/C25H19ClN2OS/c26-17-11-9-15(10-12-17)13-20-18-6-2-1-5-16(18)14-28-23(20)27-24(29)22-19-7-3-4-8-21(19)30-25(22)28/h1-2,5-6,9-13H,3-4,7-8,14H2. The first-order valence-electron chi connectivity index (χ1n) is 10.3. The van der Waals surface area contributed by atoms with Crippen molar-refractivity contribution < 1.29 is 0 Å². The van der Waals surface area contributed by atoms with Gasteiger partial charge in [-0.05, 0) is 66.1 Å². The maximum atomic E-state index is 13.2. The second kappa shape index (κ2) is 6.93. The molecular formula is C25H19ClN2OS. The number of halogens is 1. The molecule has 1 aliphatic carbocycles. The third-order valence-corrected chi connectivity index (χ3v) is 7.70. The summed E-state index contributed by atoms with van der Waals surface area (Å²) in [5.74, 6) is 0.764. The van der Waals surface area contributed by atoms with Gasteiger partial charge in [-0.2, -0.15) is 4.98 Å². The van der Waals surface area contributed by atoms with Gasteiger partial charge in [0.25, 0.3) is 5.56 Å². The number of thiophene rings is 1. The van der Waals surface area contributed by atoms with Crippen molar-refractivity contribution in [3.05, 3.63) is 96.9 Å². The van der Waals surface area contributed by atoms with Crippen LogP contribution < -0.4 is 5.56 Å². The van der Waals surface area contributed by atoms with Crippen LogP contribution in [0.4, 0.5) is 0 Å². The lowest BCUT2D eigenvalue weighted by Gasteiger charge is -2.24. The minimum atomic E-state index is -0.0861. The number of hydrogen-bond acceptors (Lipinski definition) is 3. The van der Waals surface area contributed by atoms with Crippen LogP contribution in [0.3, 0.4) is 0 Å². The van der Waals surface area contributed by atoms with Gasteiger partial charge in [0, 0.05) is 15.5 Å². The van der Waals surface area contributed by atoms with E-state index in [4.69, 9.17) is 11.6 Å². The molecule has 0 N–H and O–H groups in total. The molecule has 0 fully saturated rings. The van der Waals surface area contributed by atoms with Gasteiger partial charge in [0.05, 0.1) is 11.9 Å². The summed E-state index contributed by atoms with van der Waals surface area (Å²) in [4.78, 5) is 20.3. The molecule has 2 aliphatic rings. The zero-order valence-corrected chi connectivity index (χ0v) is 17.9. The van der Waals surface area contributed by atoms with Crippen molar-refractivity contribution in [3.63, 3.8) is 0 Å².